The molecule has 1 amide bonds. The summed E-state index contributed by atoms with van der Waals surface area (Å²) in [5, 5.41) is 1.26. The van der Waals surface area contributed by atoms with E-state index >= 15 is 0 Å². The number of carbonyl (C=O) groups excluding carboxylic acids is 1. The van der Waals surface area contributed by atoms with Gasteiger partial charge in [-0.15, -0.1) is 0 Å². The third kappa shape index (κ3) is 1.82. The van der Waals surface area contributed by atoms with Gasteiger partial charge in [0.2, 0.25) is 6.10 Å². The molecule has 4 nitrogen and oxygen atoms in total. The number of para-hydroxylation sites is 2. The van der Waals surface area contributed by atoms with Gasteiger partial charge in [0.05, 0.1) is 5.69 Å². The number of hydrogen-bond acceptors (Lipinski definition) is 2. The Morgan fingerprint density at radius 1 is 1.12 bits per heavy atom. The van der Waals surface area contributed by atoms with Gasteiger partial charge >= 0.3 is 0 Å². The maximum atomic E-state index is 12.9. The van der Waals surface area contributed by atoms with Crippen molar-refractivity contribution < 1.29 is 9.53 Å². The zero-order chi connectivity index (χ0) is 17.9. The SMILES string of the molecule is CC(C)[C@@]12c3[nH]c4ccccc4c3CCN1C(=O)[C@H]2Oc1ccccc1. The van der Waals surface area contributed by atoms with Crippen LogP contribution in [0.25, 0.3) is 10.9 Å². The van der Waals surface area contributed by atoms with E-state index in [1.807, 2.05) is 41.3 Å². The summed E-state index contributed by atoms with van der Waals surface area (Å²) in [6.07, 6.45) is 0.398. The molecular weight excluding hydrogens is 324 g/mol. The van der Waals surface area contributed by atoms with Crippen molar-refractivity contribution in [2.75, 3.05) is 6.54 Å². The Bertz CT molecular complexity index is 992. The molecule has 2 aliphatic heterocycles. The minimum Gasteiger partial charge on any atom is -0.478 e. The first-order valence-corrected chi connectivity index (χ1v) is 9.27. The fraction of sp³-hybridized carbons (Fsp3) is 0.318. The van der Waals surface area contributed by atoms with Gasteiger partial charge in [0.1, 0.15) is 11.3 Å². The number of carbonyl (C=O) groups is 1. The van der Waals surface area contributed by atoms with Crippen LogP contribution in [0.5, 0.6) is 5.75 Å². The Morgan fingerprint density at radius 3 is 2.62 bits per heavy atom. The molecule has 0 spiro atoms. The van der Waals surface area contributed by atoms with Crippen molar-refractivity contribution in [3.8, 4) is 5.75 Å². The van der Waals surface area contributed by atoms with E-state index in [0.29, 0.717) is 0 Å². The molecule has 3 heterocycles. The molecule has 0 unspecified atom stereocenters. The van der Waals surface area contributed by atoms with E-state index in [1.54, 1.807) is 0 Å². The van der Waals surface area contributed by atoms with Gasteiger partial charge in [-0.3, -0.25) is 4.79 Å². The van der Waals surface area contributed by atoms with Crippen LogP contribution in [0.1, 0.15) is 25.1 Å². The van der Waals surface area contributed by atoms with Crippen molar-refractivity contribution in [2.45, 2.75) is 31.9 Å². The van der Waals surface area contributed by atoms with Crippen molar-refractivity contribution in [1.82, 2.24) is 9.88 Å². The zero-order valence-corrected chi connectivity index (χ0v) is 15.0. The third-order valence-corrected chi connectivity index (χ3v) is 6.01. The summed E-state index contributed by atoms with van der Waals surface area (Å²) in [7, 11) is 0. The topological polar surface area (TPSA) is 45.3 Å². The maximum Gasteiger partial charge on any atom is 0.267 e. The maximum absolute atomic E-state index is 12.9. The van der Waals surface area contributed by atoms with Crippen molar-refractivity contribution in [3.05, 3.63) is 65.9 Å². The fourth-order valence-electron chi connectivity index (χ4n) is 4.85. The largest absolute Gasteiger partial charge is 0.478 e. The van der Waals surface area contributed by atoms with E-state index < -0.39 is 11.6 Å². The van der Waals surface area contributed by atoms with Crippen LogP contribution < -0.4 is 4.74 Å². The Morgan fingerprint density at radius 2 is 1.85 bits per heavy atom. The second kappa shape index (κ2) is 5.37. The third-order valence-electron chi connectivity index (χ3n) is 6.01. The van der Waals surface area contributed by atoms with Gasteiger partial charge in [0, 0.05) is 17.4 Å². The number of fused-ring (bicyclic) bond motifs is 5. The molecule has 1 fully saturated rings. The molecule has 0 radical (unpaired) electrons. The number of nitrogens with zero attached hydrogens (tertiary/aromatic N) is 1. The van der Waals surface area contributed by atoms with E-state index in [2.05, 4.69) is 37.0 Å². The molecule has 3 aromatic rings. The molecule has 2 aromatic carbocycles. The summed E-state index contributed by atoms with van der Waals surface area (Å²) in [4.78, 5) is 18.6. The Labute approximate surface area is 152 Å². The second-order valence-electron chi connectivity index (χ2n) is 7.56. The van der Waals surface area contributed by atoms with Gasteiger partial charge in [0.25, 0.3) is 5.91 Å². The Balaban J connectivity index is 1.68. The number of aromatic amines is 1. The van der Waals surface area contributed by atoms with E-state index in [9.17, 15) is 4.79 Å². The minimum atomic E-state index is -0.489. The molecule has 0 bridgehead atoms. The van der Waals surface area contributed by atoms with Crippen molar-refractivity contribution in [1.29, 1.82) is 0 Å². The zero-order valence-electron chi connectivity index (χ0n) is 15.0. The molecule has 5 rings (SSSR count). The molecular formula is C22H22N2O2. The van der Waals surface area contributed by atoms with Crippen molar-refractivity contribution in [2.24, 2.45) is 5.92 Å². The normalized spacial score (nSPS) is 24.3. The van der Waals surface area contributed by atoms with Crippen LogP contribution in [-0.2, 0) is 16.8 Å². The lowest BCUT2D eigenvalue weighted by atomic mass is 9.66. The highest BCUT2D eigenvalue weighted by Gasteiger charge is 2.67. The molecule has 1 saturated heterocycles. The van der Waals surface area contributed by atoms with Gasteiger partial charge in [-0.1, -0.05) is 50.2 Å². The Hall–Kier alpha value is -2.75. The molecule has 0 aliphatic carbocycles. The average molecular weight is 346 g/mol. The number of ether oxygens (including phenoxy) is 1. The van der Waals surface area contributed by atoms with Crippen LogP contribution in [0.4, 0.5) is 0 Å². The summed E-state index contributed by atoms with van der Waals surface area (Å²) < 4.78 is 6.24. The molecule has 4 heteroatoms. The minimum absolute atomic E-state index is 0.0897. The number of β-lactam (4-membered cyclic amide) rings is 1. The lowest BCUT2D eigenvalue weighted by molar-refractivity contribution is -0.194. The summed E-state index contributed by atoms with van der Waals surface area (Å²) in [5.74, 6) is 1.07. The van der Waals surface area contributed by atoms with Crippen LogP contribution in [0.2, 0.25) is 0 Å². The number of rotatable bonds is 3. The molecule has 132 valence electrons. The standard InChI is InChI=1S/C22H22N2O2/c1-14(2)22-19-17(16-10-6-7-11-18(16)23-19)12-13-24(22)21(25)20(22)26-15-8-4-3-5-9-15/h3-11,14,20,23H,12-13H2,1-2H3/t20-,22+/m1/s1. The summed E-state index contributed by atoms with van der Waals surface area (Å²) in [5.41, 5.74) is 3.19. The summed E-state index contributed by atoms with van der Waals surface area (Å²) in [6.45, 7) is 5.11. The van der Waals surface area contributed by atoms with Crippen LogP contribution >= 0.6 is 0 Å². The molecule has 1 N–H and O–H groups in total. The van der Waals surface area contributed by atoms with Crippen LogP contribution in [-0.4, -0.2) is 28.4 Å². The predicted octanol–water partition coefficient (Wildman–Crippen LogP) is 3.87. The number of aromatic nitrogens is 1. The molecule has 2 atom stereocenters. The fourth-order valence-corrected chi connectivity index (χ4v) is 4.85. The van der Waals surface area contributed by atoms with Gasteiger partial charge in [-0.2, -0.15) is 0 Å². The Kier molecular flexibility index (Phi) is 3.20. The lowest BCUT2D eigenvalue weighted by Crippen LogP contribution is -2.77. The molecule has 1 aromatic heterocycles. The number of nitrogens with one attached hydrogen (secondary N) is 1. The highest BCUT2D eigenvalue weighted by Crippen LogP contribution is 2.53. The average Bonchev–Trinajstić information content (AvgIpc) is 3.04. The quantitative estimate of drug-likeness (QED) is 0.732. The van der Waals surface area contributed by atoms with Gasteiger partial charge in [-0.25, -0.2) is 0 Å². The predicted molar refractivity (Wildman–Crippen MR) is 101 cm³/mol. The van der Waals surface area contributed by atoms with Crippen molar-refractivity contribution >= 4 is 16.8 Å². The van der Waals surface area contributed by atoms with Crippen LogP contribution in [0.15, 0.2) is 54.6 Å². The lowest BCUT2D eigenvalue weighted by Gasteiger charge is -2.60. The highest BCUT2D eigenvalue weighted by atomic mass is 16.5. The highest BCUT2D eigenvalue weighted by molar-refractivity contribution is 5.94. The number of amides is 1. The first kappa shape index (κ1) is 15.5. The number of H-pyrrole nitrogens is 1. The van der Waals surface area contributed by atoms with E-state index in [-0.39, 0.29) is 11.8 Å². The summed E-state index contributed by atoms with van der Waals surface area (Å²) >= 11 is 0. The molecule has 0 saturated carbocycles. The first-order valence-electron chi connectivity index (χ1n) is 9.27. The van der Waals surface area contributed by atoms with E-state index in [0.717, 1.165) is 29.9 Å². The van der Waals surface area contributed by atoms with E-state index in [4.69, 9.17) is 4.74 Å². The monoisotopic (exact) mass is 346 g/mol. The molecule has 2 aliphatic rings. The van der Waals surface area contributed by atoms with Crippen LogP contribution in [0.3, 0.4) is 0 Å². The second-order valence-corrected chi connectivity index (χ2v) is 7.56. The van der Waals surface area contributed by atoms with Crippen molar-refractivity contribution in [3.63, 3.8) is 0 Å². The number of benzene rings is 2. The van der Waals surface area contributed by atoms with Gasteiger partial charge in [-0.05, 0) is 36.1 Å². The van der Waals surface area contributed by atoms with E-state index in [1.165, 1.54) is 10.9 Å². The first-order chi connectivity index (χ1) is 12.6. The molecule has 26 heavy (non-hydrogen) atoms. The smallest absolute Gasteiger partial charge is 0.267 e. The van der Waals surface area contributed by atoms with Crippen LogP contribution in [0, 0.1) is 5.92 Å². The van der Waals surface area contributed by atoms with Gasteiger partial charge in [0.15, 0.2) is 0 Å². The summed E-state index contributed by atoms with van der Waals surface area (Å²) in [6, 6.07) is 18.1. The number of hydrogen-bond donors (Lipinski definition) is 1. The van der Waals surface area contributed by atoms with Gasteiger partial charge < -0.3 is 14.6 Å².